The first-order valence-corrected chi connectivity index (χ1v) is 8.46. The average molecular weight is 332 g/mol. The third kappa shape index (κ3) is 4.96. The van der Waals surface area contributed by atoms with Gasteiger partial charge in [-0.3, -0.25) is 4.79 Å². The summed E-state index contributed by atoms with van der Waals surface area (Å²) in [6.45, 7) is 5.00. The predicted octanol–water partition coefficient (Wildman–Crippen LogP) is 2.44. The Hall–Kier alpha value is -2.08. The number of urea groups is 1. The van der Waals surface area contributed by atoms with E-state index >= 15 is 0 Å². The molecule has 24 heavy (non-hydrogen) atoms. The van der Waals surface area contributed by atoms with Gasteiger partial charge in [-0.1, -0.05) is 12.1 Å². The Morgan fingerprint density at radius 2 is 2.08 bits per heavy atom. The summed E-state index contributed by atoms with van der Waals surface area (Å²) in [5, 5.41) is 5.83. The lowest BCUT2D eigenvalue weighted by atomic mass is 10.0. The number of benzene rings is 1. The molecule has 2 unspecified atom stereocenters. The normalized spacial score (nSPS) is 19.0. The quantitative estimate of drug-likeness (QED) is 0.890. The van der Waals surface area contributed by atoms with Crippen LogP contribution in [0.3, 0.4) is 0 Å². The largest absolute Gasteiger partial charge is 0.331 e. The van der Waals surface area contributed by atoms with Crippen LogP contribution in [0.15, 0.2) is 24.3 Å². The van der Waals surface area contributed by atoms with E-state index in [1.54, 1.807) is 0 Å². The molecule has 1 fully saturated rings. The lowest BCUT2D eigenvalue weighted by molar-refractivity contribution is -0.114. The molecule has 6 heteroatoms. The van der Waals surface area contributed by atoms with Gasteiger partial charge < -0.3 is 20.4 Å². The van der Waals surface area contributed by atoms with Gasteiger partial charge in [0.15, 0.2) is 0 Å². The summed E-state index contributed by atoms with van der Waals surface area (Å²) >= 11 is 0. The number of hydrogen-bond donors (Lipinski definition) is 2. The topological polar surface area (TPSA) is 64.7 Å². The van der Waals surface area contributed by atoms with E-state index in [9.17, 15) is 9.59 Å². The van der Waals surface area contributed by atoms with Crippen molar-refractivity contribution < 1.29 is 9.59 Å². The Balaban J connectivity index is 1.97. The van der Waals surface area contributed by atoms with Crippen LogP contribution < -0.4 is 10.6 Å². The Bertz CT molecular complexity index is 588. The van der Waals surface area contributed by atoms with E-state index in [1.165, 1.54) is 6.92 Å². The van der Waals surface area contributed by atoms with Gasteiger partial charge in [0.2, 0.25) is 5.91 Å². The van der Waals surface area contributed by atoms with E-state index < -0.39 is 0 Å². The third-order valence-corrected chi connectivity index (χ3v) is 4.46. The van der Waals surface area contributed by atoms with Crippen LogP contribution in [0.25, 0.3) is 0 Å². The molecule has 0 radical (unpaired) electrons. The number of likely N-dealkylation sites (N-methyl/N-ethyl adjacent to an activating group) is 1. The van der Waals surface area contributed by atoms with E-state index in [4.69, 9.17) is 0 Å². The average Bonchev–Trinajstić information content (AvgIpc) is 2.54. The van der Waals surface area contributed by atoms with Crippen molar-refractivity contribution in [2.24, 2.45) is 0 Å². The molecule has 1 aromatic rings. The highest BCUT2D eigenvalue weighted by Gasteiger charge is 2.25. The Morgan fingerprint density at radius 3 is 2.75 bits per heavy atom. The van der Waals surface area contributed by atoms with Crippen molar-refractivity contribution >= 4 is 17.6 Å². The van der Waals surface area contributed by atoms with Crippen molar-refractivity contribution in [1.82, 2.24) is 15.1 Å². The molecule has 0 aliphatic carbocycles. The minimum absolute atomic E-state index is 0.0287. The van der Waals surface area contributed by atoms with Crippen LogP contribution in [0, 0.1) is 0 Å². The molecule has 2 atom stereocenters. The van der Waals surface area contributed by atoms with Gasteiger partial charge in [-0.25, -0.2) is 4.79 Å². The Kier molecular flexibility index (Phi) is 6.20. The molecule has 0 spiro atoms. The van der Waals surface area contributed by atoms with Crippen molar-refractivity contribution in [2.75, 3.05) is 32.5 Å². The predicted molar refractivity (Wildman–Crippen MR) is 96.0 cm³/mol. The number of carbonyl (C=O) groups is 2. The van der Waals surface area contributed by atoms with Gasteiger partial charge in [-0.05, 0) is 51.6 Å². The summed E-state index contributed by atoms with van der Waals surface area (Å²) in [6.07, 6.45) is 2.16. The number of nitrogens with zero attached hydrogens (tertiary/aromatic N) is 2. The Morgan fingerprint density at radius 1 is 1.33 bits per heavy atom. The number of nitrogens with one attached hydrogen (secondary N) is 2. The van der Waals surface area contributed by atoms with Crippen molar-refractivity contribution in [3.8, 4) is 0 Å². The highest BCUT2D eigenvalue weighted by Crippen LogP contribution is 2.19. The van der Waals surface area contributed by atoms with Gasteiger partial charge in [0.25, 0.3) is 0 Å². The minimum atomic E-state index is -0.119. The number of hydrogen-bond acceptors (Lipinski definition) is 3. The molecule has 6 nitrogen and oxygen atoms in total. The molecule has 2 N–H and O–H groups in total. The van der Waals surface area contributed by atoms with Crippen LogP contribution in [0.1, 0.15) is 38.3 Å². The molecule has 3 amide bonds. The van der Waals surface area contributed by atoms with Crippen LogP contribution in [0.5, 0.6) is 0 Å². The summed E-state index contributed by atoms with van der Waals surface area (Å²) in [7, 11) is 4.12. The summed E-state index contributed by atoms with van der Waals surface area (Å²) in [5.74, 6) is -0.105. The lowest BCUT2D eigenvalue weighted by Crippen LogP contribution is -2.51. The molecule has 1 aliphatic heterocycles. The highest BCUT2D eigenvalue weighted by atomic mass is 16.2. The number of anilines is 1. The van der Waals surface area contributed by atoms with Gasteiger partial charge in [0.1, 0.15) is 0 Å². The first kappa shape index (κ1) is 18.3. The van der Waals surface area contributed by atoms with E-state index in [1.807, 2.05) is 36.1 Å². The summed E-state index contributed by atoms with van der Waals surface area (Å²) in [6, 6.07) is 7.84. The maximum absolute atomic E-state index is 12.5. The van der Waals surface area contributed by atoms with Crippen molar-refractivity contribution in [3.05, 3.63) is 29.8 Å². The molecule has 0 aromatic heterocycles. The van der Waals surface area contributed by atoms with E-state index in [-0.39, 0.29) is 18.0 Å². The van der Waals surface area contributed by atoms with E-state index in [0.29, 0.717) is 6.04 Å². The highest BCUT2D eigenvalue weighted by molar-refractivity contribution is 5.88. The van der Waals surface area contributed by atoms with E-state index in [0.717, 1.165) is 37.2 Å². The molecule has 0 bridgehead atoms. The minimum Gasteiger partial charge on any atom is -0.331 e. The van der Waals surface area contributed by atoms with Crippen LogP contribution in [-0.2, 0) is 4.79 Å². The Labute approximate surface area is 144 Å². The second-order valence-electron chi connectivity index (χ2n) is 6.68. The fourth-order valence-corrected chi connectivity index (χ4v) is 3.01. The molecule has 2 rings (SSSR count). The van der Waals surface area contributed by atoms with E-state index in [2.05, 4.69) is 29.6 Å². The fraction of sp³-hybridized carbons (Fsp3) is 0.556. The van der Waals surface area contributed by atoms with Crippen LogP contribution >= 0.6 is 0 Å². The molecular weight excluding hydrogens is 304 g/mol. The summed E-state index contributed by atoms with van der Waals surface area (Å²) in [4.78, 5) is 27.8. The number of amides is 3. The van der Waals surface area contributed by atoms with Gasteiger partial charge in [0, 0.05) is 31.7 Å². The van der Waals surface area contributed by atoms with Gasteiger partial charge in [0.05, 0.1) is 6.04 Å². The first-order chi connectivity index (χ1) is 11.4. The maximum atomic E-state index is 12.5. The fourth-order valence-electron chi connectivity index (χ4n) is 3.01. The molecular formula is C18H28N4O2. The molecule has 0 saturated carbocycles. The molecule has 1 aromatic carbocycles. The zero-order valence-corrected chi connectivity index (χ0v) is 15.0. The summed E-state index contributed by atoms with van der Waals surface area (Å²) < 4.78 is 0. The van der Waals surface area contributed by atoms with Crippen molar-refractivity contribution in [1.29, 1.82) is 0 Å². The van der Waals surface area contributed by atoms with Crippen molar-refractivity contribution in [2.45, 2.75) is 38.8 Å². The van der Waals surface area contributed by atoms with Crippen LogP contribution in [-0.4, -0.2) is 55.0 Å². The number of piperidine rings is 1. The SMILES string of the molecule is CC(=O)Nc1cccc(C(C)NC(=O)N2CCCC(N(C)C)C2)c1. The van der Waals surface area contributed by atoms with Crippen LogP contribution in [0.2, 0.25) is 0 Å². The molecule has 1 heterocycles. The smallest absolute Gasteiger partial charge is 0.317 e. The number of rotatable bonds is 4. The monoisotopic (exact) mass is 332 g/mol. The first-order valence-electron chi connectivity index (χ1n) is 8.46. The van der Waals surface area contributed by atoms with Crippen LogP contribution in [0.4, 0.5) is 10.5 Å². The molecule has 1 aliphatic rings. The number of likely N-dealkylation sites (tertiary alicyclic amines) is 1. The number of carbonyl (C=O) groups excluding carboxylic acids is 2. The second kappa shape index (κ2) is 8.15. The second-order valence-corrected chi connectivity index (χ2v) is 6.68. The lowest BCUT2D eigenvalue weighted by Gasteiger charge is -2.36. The molecule has 1 saturated heterocycles. The zero-order valence-electron chi connectivity index (χ0n) is 15.0. The van der Waals surface area contributed by atoms with Gasteiger partial charge >= 0.3 is 6.03 Å². The molecule has 132 valence electrons. The van der Waals surface area contributed by atoms with Crippen molar-refractivity contribution in [3.63, 3.8) is 0 Å². The van der Waals surface area contributed by atoms with Gasteiger partial charge in [-0.2, -0.15) is 0 Å². The maximum Gasteiger partial charge on any atom is 0.317 e. The standard InChI is InChI=1S/C18H28N4O2/c1-13(15-7-5-8-16(11-15)20-14(2)23)19-18(24)22-10-6-9-17(12-22)21(3)4/h5,7-8,11,13,17H,6,9-10,12H2,1-4H3,(H,19,24)(H,20,23). The van der Waals surface area contributed by atoms with Gasteiger partial charge in [-0.15, -0.1) is 0 Å². The zero-order chi connectivity index (χ0) is 17.7. The summed E-state index contributed by atoms with van der Waals surface area (Å²) in [5.41, 5.74) is 1.71. The third-order valence-electron chi connectivity index (χ3n) is 4.46.